The van der Waals surface area contributed by atoms with Crippen molar-refractivity contribution in [2.75, 3.05) is 25.6 Å². The van der Waals surface area contributed by atoms with E-state index in [2.05, 4.69) is 5.32 Å². The van der Waals surface area contributed by atoms with Crippen molar-refractivity contribution in [1.82, 2.24) is 0 Å². The molecule has 1 amide bonds. The average Bonchev–Trinajstić information content (AvgIpc) is 2.68. The number of hydrogen-bond acceptors (Lipinski definition) is 6. The van der Waals surface area contributed by atoms with Gasteiger partial charge in [0, 0.05) is 5.69 Å². The normalized spacial score (nSPS) is 11.2. The lowest BCUT2D eigenvalue weighted by Gasteiger charge is -2.15. The lowest BCUT2D eigenvalue weighted by molar-refractivity contribution is -0.155. The van der Waals surface area contributed by atoms with Crippen molar-refractivity contribution >= 4 is 17.6 Å². The zero-order valence-electron chi connectivity index (χ0n) is 15.6. The van der Waals surface area contributed by atoms with Crippen LogP contribution in [0.5, 0.6) is 17.2 Å². The first-order chi connectivity index (χ1) is 13.0. The Hall–Kier alpha value is -3.22. The van der Waals surface area contributed by atoms with Gasteiger partial charge >= 0.3 is 5.97 Å². The molecule has 0 saturated carbocycles. The smallest absolute Gasteiger partial charge is 0.344 e. The molecular weight excluding hydrogens is 350 g/mol. The lowest BCUT2D eigenvalue weighted by Crippen LogP contribution is -2.31. The highest BCUT2D eigenvalue weighted by atomic mass is 16.6. The SMILES string of the molecule is CCOc1ccccc1OCC(=O)O[C@H](C)C(=O)Nc1ccc(OC)cc1. The van der Waals surface area contributed by atoms with Gasteiger partial charge in [0.2, 0.25) is 0 Å². The second-order valence-electron chi connectivity index (χ2n) is 5.52. The monoisotopic (exact) mass is 373 g/mol. The molecule has 1 atom stereocenters. The van der Waals surface area contributed by atoms with Crippen LogP contribution in [0.25, 0.3) is 0 Å². The number of esters is 1. The van der Waals surface area contributed by atoms with Gasteiger partial charge in [-0.1, -0.05) is 12.1 Å². The van der Waals surface area contributed by atoms with Gasteiger partial charge < -0.3 is 24.3 Å². The first-order valence-corrected chi connectivity index (χ1v) is 8.52. The van der Waals surface area contributed by atoms with Gasteiger partial charge in [0.25, 0.3) is 5.91 Å². The predicted molar refractivity (Wildman–Crippen MR) is 100 cm³/mol. The number of benzene rings is 2. The van der Waals surface area contributed by atoms with E-state index in [-0.39, 0.29) is 6.61 Å². The van der Waals surface area contributed by atoms with E-state index in [0.717, 1.165) is 0 Å². The van der Waals surface area contributed by atoms with Gasteiger partial charge in [0.1, 0.15) is 5.75 Å². The molecule has 0 aliphatic rings. The Morgan fingerprint density at radius 1 is 1.00 bits per heavy atom. The standard InChI is InChI=1S/C20H23NO6/c1-4-25-17-7-5-6-8-18(17)26-13-19(22)27-14(2)20(23)21-15-9-11-16(24-3)12-10-15/h5-12,14H,4,13H2,1-3H3,(H,21,23)/t14-/m1/s1. The first-order valence-electron chi connectivity index (χ1n) is 8.52. The Kier molecular flexibility index (Phi) is 7.49. The van der Waals surface area contributed by atoms with Crippen molar-refractivity contribution in [1.29, 1.82) is 0 Å². The Morgan fingerprint density at radius 3 is 2.22 bits per heavy atom. The summed E-state index contributed by atoms with van der Waals surface area (Å²) in [6.45, 7) is 3.50. The third-order valence-corrected chi connectivity index (χ3v) is 3.53. The topological polar surface area (TPSA) is 83.1 Å². The van der Waals surface area contributed by atoms with Crippen LogP contribution >= 0.6 is 0 Å². The highest BCUT2D eigenvalue weighted by molar-refractivity contribution is 5.95. The number of carbonyl (C=O) groups excluding carboxylic acids is 2. The molecule has 0 unspecified atom stereocenters. The number of carbonyl (C=O) groups is 2. The number of rotatable bonds is 9. The fourth-order valence-electron chi connectivity index (χ4n) is 2.18. The van der Waals surface area contributed by atoms with Gasteiger partial charge in [0.15, 0.2) is 24.2 Å². The first kappa shape index (κ1) is 20.1. The van der Waals surface area contributed by atoms with Crippen molar-refractivity contribution < 1.29 is 28.5 Å². The fraction of sp³-hybridized carbons (Fsp3) is 0.300. The highest BCUT2D eigenvalue weighted by Gasteiger charge is 2.19. The zero-order chi connectivity index (χ0) is 19.6. The third-order valence-electron chi connectivity index (χ3n) is 3.53. The maximum atomic E-state index is 12.1. The largest absolute Gasteiger partial charge is 0.497 e. The predicted octanol–water partition coefficient (Wildman–Crippen LogP) is 3.04. The van der Waals surface area contributed by atoms with E-state index in [1.54, 1.807) is 49.6 Å². The maximum absolute atomic E-state index is 12.1. The van der Waals surface area contributed by atoms with Crippen molar-refractivity contribution in [3.8, 4) is 17.2 Å². The van der Waals surface area contributed by atoms with Crippen molar-refractivity contribution in [3.05, 3.63) is 48.5 Å². The van der Waals surface area contributed by atoms with Crippen LogP contribution in [-0.4, -0.2) is 38.3 Å². The Bertz CT molecular complexity index is 759. The molecule has 2 aromatic rings. The van der Waals surface area contributed by atoms with E-state index >= 15 is 0 Å². The zero-order valence-corrected chi connectivity index (χ0v) is 15.6. The van der Waals surface area contributed by atoms with Gasteiger partial charge in [-0.25, -0.2) is 4.79 Å². The number of nitrogens with one attached hydrogen (secondary N) is 1. The van der Waals surface area contributed by atoms with Gasteiger partial charge in [0.05, 0.1) is 13.7 Å². The molecule has 2 rings (SSSR count). The molecule has 0 spiro atoms. The summed E-state index contributed by atoms with van der Waals surface area (Å²) < 4.78 is 21.0. The van der Waals surface area contributed by atoms with E-state index in [1.807, 2.05) is 13.0 Å². The molecule has 0 aromatic heterocycles. The van der Waals surface area contributed by atoms with Crippen LogP contribution in [0.2, 0.25) is 0 Å². The van der Waals surface area contributed by atoms with E-state index in [9.17, 15) is 9.59 Å². The highest BCUT2D eigenvalue weighted by Crippen LogP contribution is 2.26. The minimum atomic E-state index is -0.967. The summed E-state index contributed by atoms with van der Waals surface area (Å²) in [5.41, 5.74) is 0.575. The Morgan fingerprint density at radius 2 is 1.63 bits per heavy atom. The summed E-state index contributed by atoms with van der Waals surface area (Å²) in [7, 11) is 1.56. The molecule has 0 heterocycles. The molecule has 144 valence electrons. The number of anilines is 1. The fourth-order valence-corrected chi connectivity index (χ4v) is 2.18. The van der Waals surface area contributed by atoms with Crippen LogP contribution in [0, 0.1) is 0 Å². The van der Waals surface area contributed by atoms with Crippen LogP contribution in [-0.2, 0) is 14.3 Å². The van der Waals surface area contributed by atoms with Crippen molar-refractivity contribution in [2.24, 2.45) is 0 Å². The maximum Gasteiger partial charge on any atom is 0.344 e. The molecule has 0 bridgehead atoms. The molecule has 0 fully saturated rings. The third kappa shape index (κ3) is 6.22. The van der Waals surface area contributed by atoms with Gasteiger partial charge in [-0.05, 0) is 50.2 Å². The Balaban J connectivity index is 1.83. The van der Waals surface area contributed by atoms with Crippen LogP contribution < -0.4 is 19.5 Å². The molecule has 1 N–H and O–H groups in total. The molecular formula is C20H23NO6. The van der Waals surface area contributed by atoms with Crippen LogP contribution in [0.4, 0.5) is 5.69 Å². The number of ether oxygens (including phenoxy) is 4. The number of amides is 1. The quantitative estimate of drug-likeness (QED) is 0.680. The Labute approximate surface area is 158 Å². The van der Waals surface area contributed by atoms with E-state index < -0.39 is 18.0 Å². The summed E-state index contributed by atoms with van der Waals surface area (Å²) in [5.74, 6) is 0.559. The average molecular weight is 373 g/mol. The second-order valence-corrected chi connectivity index (χ2v) is 5.52. The summed E-state index contributed by atoms with van der Waals surface area (Å²) in [6.07, 6.45) is -0.967. The van der Waals surface area contributed by atoms with E-state index in [0.29, 0.717) is 29.5 Å². The van der Waals surface area contributed by atoms with Gasteiger partial charge in [-0.2, -0.15) is 0 Å². The number of hydrogen-bond donors (Lipinski definition) is 1. The molecule has 0 aliphatic carbocycles. The number of methoxy groups -OCH3 is 1. The lowest BCUT2D eigenvalue weighted by atomic mass is 10.3. The summed E-state index contributed by atoms with van der Waals surface area (Å²) in [4.78, 5) is 24.1. The van der Waals surface area contributed by atoms with Crippen molar-refractivity contribution in [2.45, 2.75) is 20.0 Å². The van der Waals surface area contributed by atoms with Gasteiger partial charge in [-0.3, -0.25) is 4.79 Å². The van der Waals surface area contributed by atoms with Gasteiger partial charge in [-0.15, -0.1) is 0 Å². The molecule has 0 saturated heterocycles. The molecule has 0 radical (unpaired) electrons. The van der Waals surface area contributed by atoms with Crippen molar-refractivity contribution in [3.63, 3.8) is 0 Å². The van der Waals surface area contributed by atoms with E-state index in [1.165, 1.54) is 6.92 Å². The van der Waals surface area contributed by atoms with Crippen LogP contribution in [0.3, 0.4) is 0 Å². The molecule has 7 heteroatoms. The molecule has 27 heavy (non-hydrogen) atoms. The van der Waals surface area contributed by atoms with E-state index in [4.69, 9.17) is 18.9 Å². The minimum absolute atomic E-state index is 0.329. The van der Waals surface area contributed by atoms with Crippen LogP contribution in [0.15, 0.2) is 48.5 Å². The summed E-state index contributed by atoms with van der Waals surface area (Å²) >= 11 is 0. The summed E-state index contributed by atoms with van der Waals surface area (Å²) in [6, 6.07) is 13.8. The van der Waals surface area contributed by atoms with Crippen LogP contribution in [0.1, 0.15) is 13.8 Å². The second kappa shape index (κ2) is 10.1. The molecule has 2 aromatic carbocycles. The number of para-hydroxylation sites is 2. The molecule has 0 aliphatic heterocycles. The molecule has 7 nitrogen and oxygen atoms in total. The summed E-state index contributed by atoms with van der Waals surface area (Å²) in [5, 5.41) is 2.67. The minimum Gasteiger partial charge on any atom is -0.497 e.